The molecule has 0 aliphatic rings. The van der Waals surface area contributed by atoms with E-state index in [0.717, 1.165) is 0 Å². The lowest BCUT2D eigenvalue weighted by Gasteiger charge is -2.09. The summed E-state index contributed by atoms with van der Waals surface area (Å²) in [4.78, 5) is 10.8. The Morgan fingerprint density at radius 1 is 1.25 bits per heavy atom. The minimum absolute atomic E-state index is 0.0238. The maximum atomic E-state index is 13.7. The second-order valence-electron chi connectivity index (χ2n) is 3.97. The normalized spacial score (nSPS) is 10.3. The first kappa shape index (κ1) is 14.6. The van der Waals surface area contributed by atoms with Crippen LogP contribution in [-0.2, 0) is 6.61 Å². The van der Waals surface area contributed by atoms with E-state index in [9.17, 15) is 9.18 Å². The van der Waals surface area contributed by atoms with Crippen LogP contribution in [0.4, 0.5) is 4.39 Å². The molecule has 2 aromatic carbocycles. The van der Waals surface area contributed by atoms with Crippen LogP contribution < -0.4 is 4.74 Å². The van der Waals surface area contributed by atoms with Gasteiger partial charge in [0.25, 0.3) is 0 Å². The third kappa shape index (κ3) is 3.21. The molecule has 0 spiro atoms. The van der Waals surface area contributed by atoms with Crippen LogP contribution in [0.5, 0.6) is 5.75 Å². The highest BCUT2D eigenvalue weighted by Gasteiger charge is 2.12. The molecule has 104 valence electrons. The van der Waals surface area contributed by atoms with Crippen molar-refractivity contribution in [3.8, 4) is 5.75 Å². The predicted molar refractivity (Wildman–Crippen MR) is 74.2 cm³/mol. The summed E-state index contributed by atoms with van der Waals surface area (Å²) < 4.78 is 19.0. The van der Waals surface area contributed by atoms with E-state index in [1.807, 2.05) is 0 Å². The summed E-state index contributed by atoms with van der Waals surface area (Å²) in [6.07, 6.45) is 0. The van der Waals surface area contributed by atoms with Crippen molar-refractivity contribution in [2.75, 3.05) is 0 Å². The highest BCUT2D eigenvalue weighted by Crippen LogP contribution is 2.31. The molecule has 0 saturated carbocycles. The Bertz CT molecular complexity index is 659. The van der Waals surface area contributed by atoms with Gasteiger partial charge in [0.05, 0.1) is 15.6 Å². The first-order chi connectivity index (χ1) is 9.49. The summed E-state index contributed by atoms with van der Waals surface area (Å²) in [5.74, 6) is -1.82. The van der Waals surface area contributed by atoms with Gasteiger partial charge in [0.15, 0.2) is 11.6 Å². The summed E-state index contributed by atoms with van der Waals surface area (Å²) in [7, 11) is 0. The Hall–Kier alpha value is -1.78. The van der Waals surface area contributed by atoms with Crippen LogP contribution in [-0.4, -0.2) is 11.1 Å². The van der Waals surface area contributed by atoms with Crippen LogP contribution in [0.3, 0.4) is 0 Å². The lowest BCUT2D eigenvalue weighted by Crippen LogP contribution is -2.01. The maximum absolute atomic E-state index is 13.7. The zero-order chi connectivity index (χ0) is 14.7. The zero-order valence-electron chi connectivity index (χ0n) is 10.1. The van der Waals surface area contributed by atoms with E-state index in [0.29, 0.717) is 5.56 Å². The van der Waals surface area contributed by atoms with Crippen LogP contribution in [0.2, 0.25) is 10.0 Å². The number of ether oxygens (including phenoxy) is 1. The summed E-state index contributed by atoms with van der Waals surface area (Å²) in [6, 6.07) is 8.99. The predicted octanol–water partition coefficient (Wildman–Crippen LogP) is 4.41. The molecule has 1 N–H and O–H groups in total. The van der Waals surface area contributed by atoms with Gasteiger partial charge < -0.3 is 9.84 Å². The fraction of sp³-hybridized carbons (Fsp3) is 0.0714. The molecule has 2 aromatic rings. The van der Waals surface area contributed by atoms with Crippen molar-refractivity contribution in [1.29, 1.82) is 0 Å². The second kappa shape index (κ2) is 6.11. The van der Waals surface area contributed by atoms with E-state index in [1.54, 1.807) is 12.1 Å². The van der Waals surface area contributed by atoms with Crippen molar-refractivity contribution in [2.24, 2.45) is 0 Å². The topological polar surface area (TPSA) is 46.5 Å². The molecule has 3 nitrogen and oxygen atoms in total. The van der Waals surface area contributed by atoms with E-state index in [2.05, 4.69) is 0 Å². The number of hydrogen-bond acceptors (Lipinski definition) is 2. The Morgan fingerprint density at radius 3 is 2.70 bits per heavy atom. The molecule has 0 aliphatic carbocycles. The van der Waals surface area contributed by atoms with E-state index in [1.165, 1.54) is 24.3 Å². The molecule has 0 atom stereocenters. The van der Waals surface area contributed by atoms with Crippen LogP contribution in [0.25, 0.3) is 0 Å². The SMILES string of the molecule is O=C(O)c1cccc(COc2ccc(Cl)c(Cl)c2F)c1. The number of benzene rings is 2. The molecule has 0 aromatic heterocycles. The summed E-state index contributed by atoms with van der Waals surface area (Å²) in [5.41, 5.74) is 0.746. The fourth-order valence-electron chi connectivity index (χ4n) is 1.57. The third-order valence-electron chi connectivity index (χ3n) is 2.57. The molecule has 20 heavy (non-hydrogen) atoms. The van der Waals surface area contributed by atoms with Gasteiger partial charge in [-0.05, 0) is 29.8 Å². The lowest BCUT2D eigenvalue weighted by molar-refractivity contribution is 0.0696. The maximum Gasteiger partial charge on any atom is 0.335 e. The summed E-state index contributed by atoms with van der Waals surface area (Å²) in [5, 5.41) is 8.77. The van der Waals surface area contributed by atoms with Crippen LogP contribution in [0.1, 0.15) is 15.9 Å². The fourth-order valence-corrected chi connectivity index (χ4v) is 1.88. The Morgan fingerprint density at radius 2 is 2.00 bits per heavy atom. The van der Waals surface area contributed by atoms with Crippen molar-refractivity contribution < 1.29 is 19.0 Å². The summed E-state index contributed by atoms with van der Waals surface area (Å²) >= 11 is 11.3. The zero-order valence-corrected chi connectivity index (χ0v) is 11.6. The molecular formula is C14H9Cl2FO3. The van der Waals surface area contributed by atoms with E-state index >= 15 is 0 Å². The van der Waals surface area contributed by atoms with Crippen molar-refractivity contribution in [2.45, 2.75) is 6.61 Å². The Kier molecular flexibility index (Phi) is 4.47. The van der Waals surface area contributed by atoms with Crippen molar-refractivity contribution in [1.82, 2.24) is 0 Å². The minimum Gasteiger partial charge on any atom is -0.486 e. The van der Waals surface area contributed by atoms with E-state index in [-0.39, 0.29) is 28.0 Å². The molecule has 0 heterocycles. The standard InChI is InChI=1S/C14H9Cl2FO3/c15-10-4-5-11(13(17)12(10)16)20-7-8-2-1-3-9(6-8)14(18)19/h1-6H,7H2,(H,18,19). The molecule has 0 unspecified atom stereocenters. The van der Waals surface area contributed by atoms with Gasteiger partial charge >= 0.3 is 5.97 Å². The number of carboxylic acids is 1. The Labute approximate surface area is 124 Å². The van der Waals surface area contributed by atoms with E-state index < -0.39 is 11.8 Å². The van der Waals surface area contributed by atoms with Gasteiger partial charge in [-0.2, -0.15) is 0 Å². The first-order valence-electron chi connectivity index (χ1n) is 5.57. The number of aromatic carboxylic acids is 1. The smallest absolute Gasteiger partial charge is 0.335 e. The molecule has 2 rings (SSSR count). The molecule has 0 radical (unpaired) electrons. The number of hydrogen-bond donors (Lipinski definition) is 1. The number of rotatable bonds is 4. The highest BCUT2D eigenvalue weighted by molar-refractivity contribution is 6.42. The van der Waals surface area contributed by atoms with Crippen molar-refractivity contribution in [3.63, 3.8) is 0 Å². The van der Waals surface area contributed by atoms with Crippen molar-refractivity contribution >= 4 is 29.2 Å². The second-order valence-corrected chi connectivity index (χ2v) is 4.75. The average Bonchev–Trinajstić information content (AvgIpc) is 2.44. The summed E-state index contributed by atoms with van der Waals surface area (Å²) in [6.45, 7) is 0.0238. The molecule has 0 aliphatic heterocycles. The highest BCUT2D eigenvalue weighted by atomic mass is 35.5. The minimum atomic E-state index is -1.03. The lowest BCUT2D eigenvalue weighted by atomic mass is 10.1. The van der Waals surface area contributed by atoms with Gasteiger partial charge in [-0.15, -0.1) is 0 Å². The molecule has 0 saturated heterocycles. The van der Waals surface area contributed by atoms with Crippen LogP contribution >= 0.6 is 23.2 Å². The molecule has 0 amide bonds. The average molecular weight is 315 g/mol. The molecule has 6 heteroatoms. The van der Waals surface area contributed by atoms with Gasteiger partial charge in [0.1, 0.15) is 6.61 Å². The largest absolute Gasteiger partial charge is 0.486 e. The number of halogens is 3. The van der Waals surface area contributed by atoms with Crippen LogP contribution in [0, 0.1) is 5.82 Å². The van der Waals surface area contributed by atoms with Gasteiger partial charge in [0.2, 0.25) is 0 Å². The van der Waals surface area contributed by atoms with Gasteiger partial charge in [0, 0.05) is 0 Å². The molecular weight excluding hydrogens is 306 g/mol. The number of carbonyl (C=O) groups is 1. The van der Waals surface area contributed by atoms with Crippen molar-refractivity contribution in [3.05, 3.63) is 63.4 Å². The van der Waals surface area contributed by atoms with Gasteiger partial charge in [-0.3, -0.25) is 0 Å². The van der Waals surface area contributed by atoms with Crippen LogP contribution in [0.15, 0.2) is 36.4 Å². The molecule has 0 fully saturated rings. The number of carboxylic acid groups (broad SMARTS) is 1. The monoisotopic (exact) mass is 314 g/mol. The Balaban J connectivity index is 2.15. The quantitative estimate of drug-likeness (QED) is 0.850. The van der Waals surface area contributed by atoms with Gasteiger partial charge in [-0.1, -0.05) is 35.3 Å². The van der Waals surface area contributed by atoms with E-state index in [4.69, 9.17) is 33.0 Å². The third-order valence-corrected chi connectivity index (χ3v) is 3.35. The van der Waals surface area contributed by atoms with Gasteiger partial charge in [-0.25, -0.2) is 9.18 Å². The molecule has 0 bridgehead atoms. The first-order valence-corrected chi connectivity index (χ1v) is 6.33.